The molecule has 0 fully saturated rings. The zero-order chi connectivity index (χ0) is 23.5. The van der Waals surface area contributed by atoms with Crippen LogP contribution in [0.25, 0.3) is 0 Å². The van der Waals surface area contributed by atoms with Crippen LogP contribution in [0.1, 0.15) is 24.0 Å². The topological polar surface area (TPSA) is 99.1 Å². The van der Waals surface area contributed by atoms with Crippen LogP contribution in [0.5, 0.6) is 5.75 Å². The van der Waals surface area contributed by atoms with Gasteiger partial charge < -0.3 is 25.2 Å². The van der Waals surface area contributed by atoms with E-state index in [1.807, 2.05) is 18.2 Å². The number of benzene rings is 2. The van der Waals surface area contributed by atoms with Gasteiger partial charge in [-0.3, -0.25) is 9.59 Å². The first-order valence-electron chi connectivity index (χ1n) is 11.0. The fourth-order valence-electron chi connectivity index (χ4n) is 4.65. The van der Waals surface area contributed by atoms with E-state index >= 15 is 0 Å². The number of nitrogens with zero attached hydrogens (tertiary/aromatic N) is 1. The van der Waals surface area contributed by atoms with Crippen LogP contribution in [0, 0.1) is 5.82 Å². The van der Waals surface area contributed by atoms with Crippen LogP contribution in [0.3, 0.4) is 0 Å². The summed E-state index contributed by atoms with van der Waals surface area (Å²) in [5, 5.41) is 23.1. The Morgan fingerprint density at radius 3 is 2.70 bits per heavy atom. The molecule has 4 atom stereocenters. The molecular formula is C25H27FN2O5. The lowest BCUT2D eigenvalue weighted by molar-refractivity contribution is -0.134. The number of fused-ring (bicyclic) bond motifs is 3. The van der Waals surface area contributed by atoms with Gasteiger partial charge in [0.2, 0.25) is 11.8 Å². The van der Waals surface area contributed by atoms with E-state index in [1.165, 1.54) is 24.0 Å². The van der Waals surface area contributed by atoms with E-state index in [4.69, 9.17) is 9.84 Å². The minimum atomic E-state index is -1.08. The number of ether oxygens (including phenoxy) is 1. The van der Waals surface area contributed by atoms with Gasteiger partial charge in [0.1, 0.15) is 23.8 Å². The van der Waals surface area contributed by atoms with Crippen LogP contribution in [0.4, 0.5) is 4.39 Å². The molecule has 1 aliphatic heterocycles. The SMILES string of the molecule is CC(=O)N(CCc1cccc(F)c1)[C@@H]1C=C(C(=O)NCCO)[C@@H]2c3ccccc3O[C@@H]2[C@H]1O. The van der Waals surface area contributed by atoms with E-state index in [1.54, 1.807) is 24.3 Å². The Hall–Kier alpha value is -3.23. The fourth-order valence-corrected chi connectivity index (χ4v) is 4.65. The summed E-state index contributed by atoms with van der Waals surface area (Å²) in [7, 11) is 0. The van der Waals surface area contributed by atoms with Crippen molar-refractivity contribution in [1.29, 1.82) is 0 Å². The van der Waals surface area contributed by atoms with E-state index in [2.05, 4.69) is 5.32 Å². The van der Waals surface area contributed by atoms with Crippen molar-refractivity contribution in [2.45, 2.75) is 37.5 Å². The van der Waals surface area contributed by atoms with Crippen molar-refractivity contribution in [3.63, 3.8) is 0 Å². The van der Waals surface area contributed by atoms with E-state index in [-0.39, 0.29) is 37.3 Å². The number of carbonyl (C=O) groups excluding carboxylic acids is 2. The van der Waals surface area contributed by atoms with Crippen molar-refractivity contribution >= 4 is 11.8 Å². The number of aliphatic hydroxyl groups excluding tert-OH is 2. The summed E-state index contributed by atoms with van der Waals surface area (Å²) in [4.78, 5) is 27.1. The molecule has 3 N–H and O–H groups in total. The predicted octanol–water partition coefficient (Wildman–Crippen LogP) is 1.54. The molecule has 8 heteroatoms. The molecule has 1 aliphatic carbocycles. The molecule has 2 aromatic carbocycles. The molecule has 0 saturated carbocycles. The molecule has 0 aromatic heterocycles. The van der Waals surface area contributed by atoms with Gasteiger partial charge in [-0.2, -0.15) is 0 Å². The van der Waals surface area contributed by atoms with Crippen molar-refractivity contribution in [3.05, 3.63) is 77.1 Å². The summed E-state index contributed by atoms with van der Waals surface area (Å²) in [5.74, 6) is -0.937. The van der Waals surface area contributed by atoms with Gasteiger partial charge in [-0.05, 0) is 36.3 Å². The average Bonchev–Trinajstić information content (AvgIpc) is 3.19. The molecule has 4 rings (SSSR count). The van der Waals surface area contributed by atoms with Crippen molar-refractivity contribution in [3.8, 4) is 5.75 Å². The first-order valence-corrected chi connectivity index (χ1v) is 11.0. The van der Waals surface area contributed by atoms with Gasteiger partial charge in [-0.15, -0.1) is 0 Å². The Kier molecular flexibility index (Phi) is 6.76. The second-order valence-corrected chi connectivity index (χ2v) is 8.27. The van der Waals surface area contributed by atoms with Gasteiger partial charge in [-0.25, -0.2) is 4.39 Å². The summed E-state index contributed by atoms with van der Waals surface area (Å²) >= 11 is 0. The second kappa shape index (κ2) is 9.72. The second-order valence-electron chi connectivity index (χ2n) is 8.27. The number of amides is 2. The van der Waals surface area contributed by atoms with E-state index in [9.17, 15) is 19.1 Å². The first kappa shape index (κ1) is 22.9. The first-order chi connectivity index (χ1) is 15.9. The maximum Gasteiger partial charge on any atom is 0.247 e. The Morgan fingerprint density at radius 1 is 1.18 bits per heavy atom. The number of rotatable bonds is 7. The van der Waals surface area contributed by atoms with Gasteiger partial charge in [0, 0.05) is 31.1 Å². The van der Waals surface area contributed by atoms with Crippen molar-refractivity contribution in [2.24, 2.45) is 0 Å². The monoisotopic (exact) mass is 454 g/mol. The zero-order valence-electron chi connectivity index (χ0n) is 18.3. The van der Waals surface area contributed by atoms with Crippen LogP contribution in [-0.2, 0) is 16.0 Å². The maximum absolute atomic E-state index is 13.6. The Morgan fingerprint density at radius 2 is 1.97 bits per heavy atom. The van der Waals surface area contributed by atoms with E-state index < -0.39 is 24.2 Å². The molecule has 0 saturated heterocycles. The number of halogens is 1. The average molecular weight is 454 g/mol. The van der Waals surface area contributed by atoms with Gasteiger partial charge in [0.15, 0.2) is 0 Å². The van der Waals surface area contributed by atoms with Gasteiger partial charge in [0.05, 0.1) is 18.6 Å². The summed E-state index contributed by atoms with van der Waals surface area (Å²) in [5.41, 5.74) is 1.89. The summed E-state index contributed by atoms with van der Waals surface area (Å²) in [6.07, 6.45) is 0.184. The molecule has 0 bridgehead atoms. The molecule has 0 spiro atoms. The van der Waals surface area contributed by atoms with Crippen molar-refractivity contribution < 1.29 is 28.9 Å². The third kappa shape index (κ3) is 4.62. The Balaban J connectivity index is 1.67. The molecule has 0 radical (unpaired) electrons. The lowest BCUT2D eigenvalue weighted by Crippen LogP contribution is -2.55. The number of hydrogen-bond acceptors (Lipinski definition) is 5. The van der Waals surface area contributed by atoms with Crippen LogP contribution >= 0.6 is 0 Å². The molecule has 1 heterocycles. The van der Waals surface area contributed by atoms with E-state index in [0.29, 0.717) is 17.7 Å². The van der Waals surface area contributed by atoms with Crippen LogP contribution in [0.15, 0.2) is 60.2 Å². The number of nitrogens with one attached hydrogen (secondary N) is 1. The largest absolute Gasteiger partial charge is 0.486 e. The lowest BCUT2D eigenvalue weighted by Gasteiger charge is -2.40. The van der Waals surface area contributed by atoms with Crippen LogP contribution in [-0.4, -0.2) is 64.9 Å². The maximum atomic E-state index is 13.6. The third-order valence-corrected chi connectivity index (χ3v) is 6.17. The summed E-state index contributed by atoms with van der Waals surface area (Å²) in [6, 6.07) is 12.6. The highest BCUT2D eigenvalue weighted by Gasteiger charge is 2.50. The highest BCUT2D eigenvalue weighted by Crippen LogP contribution is 2.47. The van der Waals surface area contributed by atoms with Crippen LogP contribution < -0.4 is 10.1 Å². The lowest BCUT2D eigenvalue weighted by atomic mass is 9.77. The van der Waals surface area contributed by atoms with Gasteiger partial charge >= 0.3 is 0 Å². The quantitative estimate of drug-likeness (QED) is 0.590. The Bertz CT molecular complexity index is 1070. The zero-order valence-corrected chi connectivity index (χ0v) is 18.3. The Labute approximate surface area is 191 Å². The van der Waals surface area contributed by atoms with Gasteiger partial charge in [0.25, 0.3) is 0 Å². The minimum Gasteiger partial charge on any atom is -0.486 e. The number of para-hydroxylation sites is 1. The van der Waals surface area contributed by atoms with Crippen molar-refractivity contribution in [2.75, 3.05) is 19.7 Å². The molecule has 7 nitrogen and oxygen atoms in total. The van der Waals surface area contributed by atoms with Gasteiger partial charge in [-0.1, -0.05) is 30.3 Å². The summed E-state index contributed by atoms with van der Waals surface area (Å²) < 4.78 is 19.6. The number of hydrogen-bond donors (Lipinski definition) is 3. The van der Waals surface area contributed by atoms with Crippen molar-refractivity contribution in [1.82, 2.24) is 10.2 Å². The van der Waals surface area contributed by atoms with Crippen LogP contribution in [0.2, 0.25) is 0 Å². The molecule has 174 valence electrons. The normalized spacial score (nSPS) is 23.1. The molecular weight excluding hydrogens is 427 g/mol. The highest BCUT2D eigenvalue weighted by molar-refractivity contribution is 5.96. The fraction of sp³-hybridized carbons (Fsp3) is 0.360. The number of carbonyl (C=O) groups is 2. The smallest absolute Gasteiger partial charge is 0.247 e. The summed E-state index contributed by atoms with van der Waals surface area (Å²) in [6.45, 7) is 1.50. The highest BCUT2D eigenvalue weighted by atomic mass is 19.1. The minimum absolute atomic E-state index is 0.0826. The molecule has 2 aliphatic rings. The predicted molar refractivity (Wildman–Crippen MR) is 119 cm³/mol. The third-order valence-electron chi connectivity index (χ3n) is 6.17. The molecule has 0 unspecified atom stereocenters. The molecule has 33 heavy (non-hydrogen) atoms. The molecule has 2 amide bonds. The van der Waals surface area contributed by atoms with E-state index in [0.717, 1.165) is 11.1 Å². The number of aliphatic hydroxyl groups is 2. The standard InChI is InChI=1S/C25H27FN2O5/c1-15(30)28(11-9-16-5-4-6-17(26)13-16)20-14-19(25(32)27-10-12-29)22-18-7-2-3-8-21(18)33-24(22)23(20)31/h2-8,13-14,20,22-24,29,31H,9-12H2,1H3,(H,27,32)/t20-,22+,23+,24+/m1/s1. The molecule has 2 aromatic rings.